The molecule has 2 amide bonds. The molecule has 5 nitrogen and oxygen atoms in total. The van der Waals surface area contributed by atoms with Gasteiger partial charge in [-0.2, -0.15) is 0 Å². The Morgan fingerprint density at radius 3 is 2.75 bits per heavy atom. The first-order valence-corrected chi connectivity index (χ1v) is 6.82. The molecule has 112 valence electrons. The highest BCUT2D eigenvalue weighted by Gasteiger charge is 2.15. The number of amides is 2. The fourth-order valence-corrected chi connectivity index (χ4v) is 1.86. The topological polar surface area (TPSA) is 70.6 Å². The molecule has 6 heteroatoms. The molecule has 0 saturated heterocycles. The predicted molar refractivity (Wildman–Crippen MR) is 80.0 cm³/mol. The molecule has 3 N–H and O–H groups in total. The van der Waals surface area contributed by atoms with E-state index in [0.29, 0.717) is 17.3 Å². The van der Waals surface area contributed by atoms with Gasteiger partial charge in [-0.3, -0.25) is 0 Å². The molecule has 20 heavy (non-hydrogen) atoms. The molecular weight excluding hydrogens is 280 g/mol. The summed E-state index contributed by atoms with van der Waals surface area (Å²) in [5, 5.41) is 15.1. The number of benzene rings is 1. The summed E-state index contributed by atoms with van der Waals surface area (Å²) in [5.41, 5.74) is 1.34. The van der Waals surface area contributed by atoms with Crippen molar-refractivity contribution in [1.82, 2.24) is 5.32 Å². The van der Waals surface area contributed by atoms with Gasteiger partial charge in [0.05, 0.1) is 6.61 Å². The van der Waals surface area contributed by atoms with Gasteiger partial charge < -0.3 is 20.5 Å². The van der Waals surface area contributed by atoms with Crippen LogP contribution in [0.1, 0.15) is 19.4 Å². The molecule has 0 aliphatic carbocycles. The molecule has 0 aliphatic rings. The average Bonchev–Trinajstić information content (AvgIpc) is 2.41. The zero-order valence-corrected chi connectivity index (χ0v) is 12.7. The summed E-state index contributed by atoms with van der Waals surface area (Å²) in [6.07, 6.45) is 0. The van der Waals surface area contributed by atoms with Crippen LogP contribution < -0.4 is 10.6 Å². The van der Waals surface area contributed by atoms with E-state index in [0.717, 1.165) is 5.56 Å². The van der Waals surface area contributed by atoms with Crippen LogP contribution in [-0.4, -0.2) is 30.9 Å². The Bertz CT molecular complexity index is 454. The molecule has 1 aromatic carbocycles. The molecule has 0 aromatic heterocycles. The zero-order valence-electron chi connectivity index (χ0n) is 11.9. The minimum atomic E-state index is -0.336. The number of halogens is 1. The second kappa shape index (κ2) is 8.09. The van der Waals surface area contributed by atoms with E-state index in [1.165, 1.54) is 0 Å². The first-order valence-electron chi connectivity index (χ1n) is 6.44. The number of hydrogen-bond donors (Lipinski definition) is 3. The van der Waals surface area contributed by atoms with Crippen molar-refractivity contribution in [2.45, 2.75) is 26.5 Å². The SMILES string of the molecule is COCc1c(Cl)cccc1NC(=O)NC(C)C(C)CO. The molecule has 0 bridgehead atoms. The lowest BCUT2D eigenvalue weighted by molar-refractivity contribution is 0.185. The highest BCUT2D eigenvalue weighted by atomic mass is 35.5. The highest BCUT2D eigenvalue weighted by Crippen LogP contribution is 2.25. The molecule has 0 spiro atoms. The standard InChI is InChI=1S/C14H21ClN2O3/c1-9(7-18)10(2)16-14(19)17-13-6-4-5-12(15)11(13)8-20-3/h4-6,9-10,18H,7-8H2,1-3H3,(H2,16,17,19). The third-order valence-electron chi connectivity index (χ3n) is 3.16. The molecule has 1 rings (SSSR count). The van der Waals surface area contributed by atoms with Crippen molar-refractivity contribution in [3.63, 3.8) is 0 Å². The Kier molecular flexibility index (Phi) is 6.78. The van der Waals surface area contributed by atoms with Crippen LogP contribution in [0.2, 0.25) is 5.02 Å². The summed E-state index contributed by atoms with van der Waals surface area (Å²) in [5.74, 6) is -0.0152. The number of carbonyl (C=O) groups excluding carboxylic acids is 1. The van der Waals surface area contributed by atoms with Gasteiger partial charge in [0.15, 0.2) is 0 Å². The Morgan fingerprint density at radius 2 is 2.15 bits per heavy atom. The van der Waals surface area contributed by atoms with Gasteiger partial charge in [0, 0.05) is 36.0 Å². The van der Waals surface area contributed by atoms with Crippen molar-refractivity contribution in [2.24, 2.45) is 5.92 Å². The number of carbonyl (C=O) groups is 1. The van der Waals surface area contributed by atoms with Crippen molar-refractivity contribution >= 4 is 23.3 Å². The van der Waals surface area contributed by atoms with Gasteiger partial charge in [-0.1, -0.05) is 24.6 Å². The summed E-state index contributed by atoms with van der Waals surface area (Å²) in [4.78, 5) is 11.9. The van der Waals surface area contributed by atoms with E-state index in [2.05, 4.69) is 10.6 Å². The molecule has 0 fully saturated rings. The normalized spacial score (nSPS) is 13.7. The van der Waals surface area contributed by atoms with Crippen molar-refractivity contribution < 1.29 is 14.6 Å². The van der Waals surface area contributed by atoms with Crippen LogP contribution in [0.5, 0.6) is 0 Å². The number of methoxy groups -OCH3 is 1. The summed E-state index contributed by atoms with van der Waals surface area (Å²) in [7, 11) is 1.57. The van der Waals surface area contributed by atoms with Gasteiger partial charge in [-0.05, 0) is 25.0 Å². The number of ether oxygens (including phenoxy) is 1. The second-order valence-electron chi connectivity index (χ2n) is 4.75. The van der Waals surface area contributed by atoms with Gasteiger partial charge in [0.1, 0.15) is 0 Å². The van der Waals surface area contributed by atoms with Crippen LogP contribution in [0.25, 0.3) is 0 Å². The average molecular weight is 301 g/mol. The number of aliphatic hydroxyl groups excluding tert-OH is 1. The molecule has 0 aliphatic heterocycles. The zero-order chi connectivity index (χ0) is 15.1. The second-order valence-corrected chi connectivity index (χ2v) is 5.15. The van der Waals surface area contributed by atoms with Crippen molar-refractivity contribution in [3.8, 4) is 0 Å². The minimum absolute atomic E-state index is 0.0152. The van der Waals surface area contributed by atoms with Crippen LogP contribution >= 0.6 is 11.6 Å². The fraction of sp³-hybridized carbons (Fsp3) is 0.500. The van der Waals surface area contributed by atoms with E-state index in [4.69, 9.17) is 21.4 Å². The van der Waals surface area contributed by atoms with E-state index in [1.54, 1.807) is 25.3 Å². The number of nitrogens with one attached hydrogen (secondary N) is 2. The van der Waals surface area contributed by atoms with Crippen LogP contribution in [0, 0.1) is 5.92 Å². The first kappa shape index (κ1) is 16.8. The molecule has 0 heterocycles. The third-order valence-corrected chi connectivity index (χ3v) is 3.51. The van der Waals surface area contributed by atoms with Crippen LogP contribution in [0.3, 0.4) is 0 Å². The van der Waals surface area contributed by atoms with Gasteiger partial charge in [-0.15, -0.1) is 0 Å². The smallest absolute Gasteiger partial charge is 0.319 e. The first-order chi connectivity index (χ1) is 9.49. The van der Waals surface area contributed by atoms with Gasteiger partial charge in [0.25, 0.3) is 0 Å². The molecule has 1 aromatic rings. The van der Waals surface area contributed by atoms with Crippen LogP contribution in [0.15, 0.2) is 18.2 Å². The van der Waals surface area contributed by atoms with Gasteiger partial charge >= 0.3 is 6.03 Å². The lowest BCUT2D eigenvalue weighted by atomic mass is 10.1. The maximum Gasteiger partial charge on any atom is 0.319 e. The van der Waals surface area contributed by atoms with E-state index >= 15 is 0 Å². The largest absolute Gasteiger partial charge is 0.396 e. The monoisotopic (exact) mass is 300 g/mol. The number of anilines is 1. The maximum atomic E-state index is 11.9. The summed E-state index contributed by atoms with van der Waals surface area (Å²) in [6.45, 7) is 4.04. The van der Waals surface area contributed by atoms with E-state index < -0.39 is 0 Å². The Hall–Kier alpha value is -1.30. The number of aliphatic hydroxyl groups is 1. The summed E-state index contributed by atoms with van der Waals surface area (Å²) >= 11 is 6.09. The Balaban J connectivity index is 2.73. The number of urea groups is 1. The third kappa shape index (κ3) is 4.67. The Labute approximate surface area is 124 Å². The van der Waals surface area contributed by atoms with E-state index in [-0.39, 0.29) is 24.6 Å². The number of hydrogen-bond acceptors (Lipinski definition) is 3. The van der Waals surface area contributed by atoms with Crippen molar-refractivity contribution in [2.75, 3.05) is 19.0 Å². The minimum Gasteiger partial charge on any atom is -0.396 e. The highest BCUT2D eigenvalue weighted by molar-refractivity contribution is 6.31. The van der Waals surface area contributed by atoms with E-state index in [1.807, 2.05) is 13.8 Å². The number of rotatable bonds is 6. The van der Waals surface area contributed by atoms with Crippen molar-refractivity contribution in [1.29, 1.82) is 0 Å². The lowest BCUT2D eigenvalue weighted by Crippen LogP contribution is -2.41. The lowest BCUT2D eigenvalue weighted by Gasteiger charge is -2.20. The van der Waals surface area contributed by atoms with Crippen LogP contribution in [-0.2, 0) is 11.3 Å². The molecular formula is C14H21ClN2O3. The van der Waals surface area contributed by atoms with Gasteiger partial charge in [0.2, 0.25) is 0 Å². The molecule has 0 radical (unpaired) electrons. The fourth-order valence-electron chi connectivity index (χ4n) is 1.63. The summed E-state index contributed by atoms with van der Waals surface area (Å²) < 4.78 is 5.08. The summed E-state index contributed by atoms with van der Waals surface area (Å²) in [6, 6.07) is 4.80. The van der Waals surface area contributed by atoms with Crippen LogP contribution in [0.4, 0.5) is 10.5 Å². The predicted octanol–water partition coefficient (Wildman–Crippen LogP) is 2.62. The molecule has 2 unspecified atom stereocenters. The van der Waals surface area contributed by atoms with Gasteiger partial charge in [-0.25, -0.2) is 4.79 Å². The Morgan fingerprint density at radius 1 is 1.45 bits per heavy atom. The molecule has 0 saturated carbocycles. The molecule has 2 atom stereocenters. The van der Waals surface area contributed by atoms with E-state index in [9.17, 15) is 4.79 Å². The van der Waals surface area contributed by atoms with Crippen molar-refractivity contribution in [3.05, 3.63) is 28.8 Å². The quantitative estimate of drug-likeness (QED) is 0.756. The maximum absolute atomic E-state index is 11.9.